The molecule has 0 unspecified atom stereocenters. The van der Waals surface area contributed by atoms with Crippen LogP contribution >= 0.6 is 11.3 Å². The minimum Gasteiger partial charge on any atom is -0.496 e. The highest BCUT2D eigenvalue weighted by atomic mass is 32.1. The van der Waals surface area contributed by atoms with E-state index in [1.165, 1.54) is 19.2 Å². The van der Waals surface area contributed by atoms with Crippen LogP contribution in [0.2, 0.25) is 0 Å². The molecule has 1 amide bonds. The molecule has 8 heteroatoms. The number of methoxy groups -OCH3 is 1. The molecule has 0 radical (unpaired) electrons. The predicted octanol–water partition coefficient (Wildman–Crippen LogP) is 4.23. The molecule has 0 bridgehead atoms. The Hall–Kier alpha value is -2.74. The van der Waals surface area contributed by atoms with Crippen molar-refractivity contribution in [3.63, 3.8) is 0 Å². The van der Waals surface area contributed by atoms with E-state index in [0.29, 0.717) is 10.6 Å². The fourth-order valence-electron chi connectivity index (χ4n) is 2.22. The predicted molar refractivity (Wildman–Crippen MR) is 105 cm³/mol. The first-order chi connectivity index (χ1) is 13.0. The maximum atomic E-state index is 13.4. The first-order valence-electron chi connectivity index (χ1n) is 8.48. The molecule has 1 aromatic heterocycles. The molecule has 0 atom stereocenters. The van der Waals surface area contributed by atoms with Crippen molar-refractivity contribution in [2.45, 2.75) is 27.7 Å². The van der Waals surface area contributed by atoms with Crippen LogP contribution in [0.1, 0.15) is 46.4 Å². The third kappa shape index (κ3) is 5.16. The maximum Gasteiger partial charge on any atom is 0.349 e. The Balaban J connectivity index is 2.07. The van der Waals surface area contributed by atoms with Crippen molar-refractivity contribution in [3.05, 3.63) is 46.1 Å². The molecule has 150 valence electrons. The van der Waals surface area contributed by atoms with Gasteiger partial charge in [-0.05, 0) is 36.8 Å². The minimum absolute atomic E-state index is 0.00340. The van der Waals surface area contributed by atoms with E-state index in [1.807, 2.05) is 0 Å². The lowest BCUT2D eigenvalue weighted by atomic mass is 9.96. The monoisotopic (exact) mass is 407 g/mol. The van der Waals surface area contributed by atoms with E-state index in [2.05, 4.69) is 5.32 Å². The van der Waals surface area contributed by atoms with Gasteiger partial charge < -0.3 is 14.8 Å². The number of carbonyl (C=O) groups is 3. The van der Waals surface area contributed by atoms with Crippen LogP contribution in [0.15, 0.2) is 24.3 Å². The molecular formula is C20H22FNO5S. The summed E-state index contributed by atoms with van der Waals surface area (Å²) in [7, 11) is 1.36. The van der Waals surface area contributed by atoms with Gasteiger partial charge in [-0.2, -0.15) is 0 Å². The molecule has 0 aliphatic rings. The van der Waals surface area contributed by atoms with Gasteiger partial charge in [0.05, 0.1) is 17.7 Å². The van der Waals surface area contributed by atoms with Gasteiger partial charge in [-0.25, -0.2) is 9.18 Å². The number of ether oxygens (including phenoxy) is 2. The van der Waals surface area contributed by atoms with Crippen molar-refractivity contribution in [2.24, 2.45) is 5.41 Å². The van der Waals surface area contributed by atoms with Crippen LogP contribution in [0.25, 0.3) is 0 Å². The standard InChI is InChI=1S/C20H22FNO5S/c1-11-8-16(22-19(25)20(2,3)4)28-17(11)18(24)27-10-14(23)13-9-12(21)6-7-15(13)26-5/h6-9H,10H2,1-5H3,(H,22,25). The Kier molecular flexibility index (Phi) is 6.56. The molecule has 6 nitrogen and oxygen atoms in total. The third-order valence-corrected chi connectivity index (χ3v) is 4.95. The SMILES string of the molecule is COc1ccc(F)cc1C(=O)COC(=O)c1sc(NC(=O)C(C)(C)C)cc1C. The highest BCUT2D eigenvalue weighted by Crippen LogP contribution is 2.29. The van der Waals surface area contributed by atoms with Gasteiger partial charge in [-0.3, -0.25) is 9.59 Å². The van der Waals surface area contributed by atoms with Crippen LogP contribution in [0.4, 0.5) is 9.39 Å². The van der Waals surface area contributed by atoms with Gasteiger partial charge in [0.25, 0.3) is 0 Å². The Morgan fingerprint density at radius 2 is 1.86 bits per heavy atom. The van der Waals surface area contributed by atoms with Crippen molar-refractivity contribution in [2.75, 3.05) is 19.0 Å². The molecule has 0 aliphatic heterocycles. The maximum absolute atomic E-state index is 13.4. The molecular weight excluding hydrogens is 385 g/mol. The molecule has 2 rings (SSSR count). The normalized spacial score (nSPS) is 11.1. The van der Waals surface area contributed by atoms with Crippen molar-refractivity contribution in [3.8, 4) is 5.75 Å². The van der Waals surface area contributed by atoms with Gasteiger partial charge in [0, 0.05) is 5.41 Å². The zero-order valence-electron chi connectivity index (χ0n) is 16.3. The zero-order valence-corrected chi connectivity index (χ0v) is 17.2. The summed E-state index contributed by atoms with van der Waals surface area (Å²) in [6, 6.07) is 5.20. The quantitative estimate of drug-likeness (QED) is 0.572. The van der Waals surface area contributed by atoms with Crippen LogP contribution in [-0.4, -0.2) is 31.4 Å². The van der Waals surface area contributed by atoms with E-state index in [9.17, 15) is 18.8 Å². The fraction of sp³-hybridized carbons (Fsp3) is 0.350. The number of hydrogen-bond acceptors (Lipinski definition) is 6. The summed E-state index contributed by atoms with van der Waals surface area (Å²) < 4.78 is 23.5. The Labute approximate surface area is 166 Å². The molecule has 2 aromatic rings. The smallest absolute Gasteiger partial charge is 0.349 e. The van der Waals surface area contributed by atoms with E-state index in [4.69, 9.17) is 9.47 Å². The first-order valence-corrected chi connectivity index (χ1v) is 9.30. The minimum atomic E-state index is -0.692. The van der Waals surface area contributed by atoms with E-state index in [-0.39, 0.29) is 22.1 Å². The average Bonchev–Trinajstić information content (AvgIpc) is 2.98. The van der Waals surface area contributed by atoms with E-state index < -0.39 is 29.6 Å². The molecule has 1 heterocycles. The number of halogens is 1. The van der Waals surface area contributed by atoms with Crippen LogP contribution in [0.5, 0.6) is 5.75 Å². The second-order valence-electron chi connectivity index (χ2n) is 7.17. The molecule has 1 N–H and O–H groups in total. The molecule has 1 aromatic carbocycles. The Bertz CT molecular complexity index is 914. The van der Waals surface area contributed by atoms with Gasteiger partial charge >= 0.3 is 5.97 Å². The summed E-state index contributed by atoms with van der Waals surface area (Å²) in [5.74, 6) is -1.85. The number of ketones is 1. The van der Waals surface area contributed by atoms with Crippen molar-refractivity contribution in [1.29, 1.82) is 0 Å². The van der Waals surface area contributed by atoms with Crippen LogP contribution in [0.3, 0.4) is 0 Å². The van der Waals surface area contributed by atoms with E-state index >= 15 is 0 Å². The lowest BCUT2D eigenvalue weighted by molar-refractivity contribution is -0.123. The lowest BCUT2D eigenvalue weighted by Gasteiger charge is -2.16. The molecule has 0 saturated carbocycles. The lowest BCUT2D eigenvalue weighted by Crippen LogP contribution is -2.27. The number of Topliss-reactive ketones (excluding diaryl/α,β-unsaturated/α-hetero) is 1. The molecule has 0 spiro atoms. The number of benzene rings is 1. The summed E-state index contributed by atoms with van der Waals surface area (Å²) >= 11 is 1.07. The van der Waals surface area contributed by atoms with E-state index in [1.54, 1.807) is 33.8 Å². The largest absolute Gasteiger partial charge is 0.496 e. The summed E-state index contributed by atoms with van der Waals surface area (Å²) in [5.41, 5.74) is 0.0426. The molecule has 0 saturated heterocycles. The Morgan fingerprint density at radius 1 is 1.18 bits per heavy atom. The number of anilines is 1. The number of aryl methyl sites for hydroxylation is 1. The molecule has 0 fully saturated rings. The van der Waals surface area contributed by atoms with Crippen LogP contribution in [0, 0.1) is 18.2 Å². The second-order valence-corrected chi connectivity index (χ2v) is 8.22. The summed E-state index contributed by atoms with van der Waals surface area (Å²) in [4.78, 5) is 37.0. The summed E-state index contributed by atoms with van der Waals surface area (Å²) in [5, 5.41) is 3.27. The number of nitrogens with one attached hydrogen (secondary N) is 1. The number of rotatable bonds is 6. The number of hydrogen-bond donors (Lipinski definition) is 1. The van der Waals surface area contributed by atoms with Crippen molar-refractivity contribution >= 4 is 34.0 Å². The van der Waals surface area contributed by atoms with E-state index in [0.717, 1.165) is 17.4 Å². The van der Waals surface area contributed by atoms with Gasteiger partial charge in [-0.15, -0.1) is 11.3 Å². The van der Waals surface area contributed by atoms with Crippen LogP contribution < -0.4 is 10.1 Å². The number of carbonyl (C=O) groups excluding carboxylic acids is 3. The van der Waals surface area contributed by atoms with Gasteiger partial charge in [0.15, 0.2) is 6.61 Å². The Morgan fingerprint density at radius 3 is 2.46 bits per heavy atom. The number of thiophene rings is 1. The molecule has 28 heavy (non-hydrogen) atoms. The first kappa shape index (κ1) is 21.6. The fourth-order valence-corrected chi connectivity index (χ4v) is 3.18. The van der Waals surface area contributed by atoms with Gasteiger partial charge in [-0.1, -0.05) is 20.8 Å². The average molecular weight is 407 g/mol. The second kappa shape index (κ2) is 8.52. The van der Waals surface area contributed by atoms with Gasteiger partial charge in [0.2, 0.25) is 11.7 Å². The number of amides is 1. The summed E-state index contributed by atoms with van der Waals surface area (Å²) in [6.45, 7) is 6.50. The highest BCUT2D eigenvalue weighted by Gasteiger charge is 2.24. The van der Waals surface area contributed by atoms with Crippen LogP contribution in [-0.2, 0) is 9.53 Å². The highest BCUT2D eigenvalue weighted by molar-refractivity contribution is 7.18. The van der Waals surface area contributed by atoms with Crippen molar-refractivity contribution in [1.82, 2.24) is 0 Å². The molecule has 0 aliphatic carbocycles. The number of esters is 1. The third-order valence-electron chi connectivity index (χ3n) is 3.82. The summed E-state index contributed by atoms with van der Waals surface area (Å²) in [6.07, 6.45) is 0. The van der Waals surface area contributed by atoms with Crippen molar-refractivity contribution < 1.29 is 28.2 Å². The topological polar surface area (TPSA) is 81.7 Å². The van der Waals surface area contributed by atoms with Gasteiger partial charge in [0.1, 0.15) is 16.4 Å². The zero-order chi connectivity index (χ0) is 21.1.